The minimum absolute atomic E-state index is 0.0246. The number of amides is 2. The third-order valence-corrected chi connectivity index (χ3v) is 4.72. The van der Waals surface area contributed by atoms with Gasteiger partial charge >= 0.3 is 12.1 Å². The van der Waals surface area contributed by atoms with Crippen molar-refractivity contribution in [2.24, 2.45) is 5.73 Å². The monoisotopic (exact) mass is 404 g/mol. The Morgan fingerprint density at radius 3 is 2.48 bits per heavy atom. The zero-order chi connectivity index (χ0) is 20.5. The van der Waals surface area contributed by atoms with E-state index < -0.39 is 36.2 Å². The Morgan fingerprint density at radius 1 is 1.33 bits per heavy atom. The summed E-state index contributed by atoms with van der Waals surface area (Å²) in [5.74, 6) is -2.51. The van der Waals surface area contributed by atoms with Crippen LogP contribution in [0.3, 0.4) is 0 Å². The molecule has 12 heteroatoms. The van der Waals surface area contributed by atoms with Crippen molar-refractivity contribution >= 4 is 34.1 Å². The highest BCUT2D eigenvalue weighted by atomic mass is 32.1. The quantitative estimate of drug-likeness (QED) is 0.741. The van der Waals surface area contributed by atoms with Crippen molar-refractivity contribution in [1.29, 1.82) is 0 Å². The van der Waals surface area contributed by atoms with Crippen molar-refractivity contribution < 1.29 is 32.3 Å². The molecule has 8 nitrogen and oxygen atoms in total. The molecular formula is C15H15F3N4O4S. The molecule has 0 radical (unpaired) electrons. The Kier molecular flexibility index (Phi) is 5.59. The first-order valence-electron chi connectivity index (χ1n) is 7.38. The minimum atomic E-state index is -4.68. The fraction of sp³-hybridized carbons (Fsp3) is 0.333. The summed E-state index contributed by atoms with van der Waals surface area (Å²) in [5.41, 5.74) is 4.36. The molecule has 0 aliphatic rings. The van der Waals surface area contributed by atoms with E-state index in [1.807, 2.05) is 0 Å². The summed E-state index contributed by atoms with van der Waals surface area (Å²) in [5, 5.41) is 5.93. The molecule has 2 amide bonds. The van der Waals surface area contributed by atoms with Crippen LogP contribution in [-0.4, -0.2) is 34.7 Å². The topological polar surface area (TPSA) is 116 Å². The Bertz CT molecular complexity index is 917. The summed E-state index contributed by atoms with van der Waals surface area (Å²) in [6.45, 7) is 2.06. The van der Waals surface area contributed by atoms with E-state index in [0.717, 1.165) is 24.5 Å². The predicted octanol–water partition coefficient (Wildman–Crippen LogP) is 2.10. The van der Waals surface area contributed by atoms with Crippen LogP contribution in [0, 0.1) is 13.8 Å². The highest BCUT2D eigenvalue weighted by Crippen LogP contribution is 2.34. The number of aryl methyl sites for hydroxylation is 1. The lowest BCUT2D eigenvalue weighted by Crippen LogP contribution is -2.24. The number of thiophene rings is 1. The van der Waals surface area contributed by atoms with Gasteiger partial charge in [-0.1, -0.05) is 0 Å². The van der Waals surface area contributed by atoms with Gasteiger partial charge in [-0.05, 0) is 25.5 Å². The molecule has 0 aliphatic carbocycles. The van der Waals surface area contributed by atoms with Crippen LogP contribution in [-0.2, 0) is 22.3 Å². The lowest BCUT2D eigenvalue weighted by Gasteiger charge is -2.10. The Hall–Kier alpha value is -2.89. The molecule has 0 bridgehead atoms. The number of ether oxygens (including phenoxy) is 1. The number of esters is 1. The number of carbonyl (C=O) groups is 3. The maximum absolute atomic E-state index is 13.0. The molecule has 0 spiro atoms. The number of carbonyl (C=O) groups excluding carboxylic acids is 3. The van der Waals surface area contributed by atoms with Crippen LogP contribution >= 0.6 is 11.3 Å². The molecule has 0 saturated carbocycles. The van der Waals surface area contributed by atoms with E-state index in [-0.39, 0.29) is 26.7 Å². The van der Waals surface area contributed by atoms with Gasteiger partial charge in [0.2, 0.25) is 5.91 Å². The Morgan fingerprint density at radius 2 is 1.96 bits per heavy atom. The second-order valence-corrected chi connectivity index (χ2v) is 6.51. The first-order chi connectivity index (χ1) is 12.5. The third-order valence-electron chi connectivity index (χ3n) is 3.50. The van der Waals surface area contributed by atoms with Gasteiger partial charge in [0.1, 0.15) is 17.2 Å². The van der Waals surface area contributed by atoms with Crippen molar-refractivity contribution in [3.63, 3.8) is 0 Å². The van der Waals surface area contributed by atoms with Gasteiger partial charge in [-0.2, -0.15) is 18.3 Å². The number of nitrogens with one attached hydrogen (secondary N) is 1. The normalized spacial score (nSPS) is 11.3. The summed E-state index contributed by atoms with van der Waals surface area (Å²) < 4.78 is 44.1. The zero-order valence-corrected chi connectivity index (χ0v) is 15.2. The number of hydrogen-bond donors (Lipinski definition) is 2. The van der Waals surface area contributed by atoms with Crippen LogP contribution < -0.4 is 11.1 Å². The largest absolute Gasteiger partial charge is 0.465 e. The second-order valence-electron chi connectivity index (χ2n) is 5.49. The van der Waals surface area contributed by atoms with Gasteiger partial charge in [-0.3, -0.25) is 14.3 Å². The minimum Gasteiger partial charge on any atom is -0.465 e. The summed E-state index contributed by atoms with van der Waals surface area (Å²) in [6.07, 6.45) is -4.68. The van der Waals surface area contributed by atoms with Gasteiger partial charge in [0.15, 0.2) is 0 Å². The van der Waals surface area contributed by atoms with E-state index in [4.69, 9.17) is 5.73 Å². The number of methoxy groups -OCH3 is 1. The second kappa shape index (κ2) is 7.39. The number of alkyl halides is 3. The molecule has 27 heavy (non-hydrogen) atoms. The first-order valence-corrected chi connectivity index (χ1v) is 8.20. The van der Waals surface area contributed by atoms with Gasteiger partial charge in [-0.15, -0.1) is 11.3 Å². The molecule has 146 valence electrons. The summed E-state index contributed by atoms with van der Waals surface area (Å²) in [7, 11) is 1.11. The van der Waals surface area contributed by atoms with Crippen LogP contribution in [0.2, 0.25) is 0 Å². The molecule has 2 heterocycles. The highest BCUT2D eigenvalue weighted by molar-refractivity contribution is 7.18. The van der Waals surface area contributed by atoms with E-state index >= 15 is 0 Å². The molecule has 0 aliphatic heterocycles. The van der Waals surface area contributed by atoms with Crippen molar-refractivity contribution in [3.05, 3.63) is 33.5 Å². The Balaban J connectivity index is 2.33. The molecule has 0 unspecified atom stereocenters. The van der Waals surface area contributed by atoms with Crippen LogP contribution in [0.15, 0.2) is 6.07 Å². The molecule has 0 aromatic carbocycles. The molecule has 0 atom stereocenters. The number of nitrogens with zero attached hydrogens (tertiary/aromatic N) is 2. The third kappa shape index (κ3) is 4.27. The molecule has 0 fully saturated rings. The fourth-order valence-electron chi connectivity index (χ4n) is 2.38. The van der Waals surface area contributed by atoms with Crippen molar-refractivity contribution in [2.75, 3.05) is 12.4 Å². The van der Waals surface area contributed by atoms with E-state index in [1.54, 1.807) is 0 Å². The standard InChI is InChI=1S/C15H15F3N4O4S/c1-6-4-8(15(16,17)18)22(21-6)5-9(23)20-13-10(14(25)26-3)7(2)11(27-13)12(19)24/h4H,5H2,1-3H3,(H2,19,24)(H,20,23). The van der Waals surface area contributed by atoms with E-state index in [2.05, 4.69) is 15.2 Å². The predicted molar refractivity (Wildman–Crippen MR) is 89.5 cm³/mol. The number of rotatable bonds is 5. The van der Waals surface area contributed by atoms with Gasteiger partial charge in [-0.25, -0.2) is 4.79 Å². The maximum atomic E-state index is 13.0. The van der Waals surface area contributed by atoms with Crippen LogP contribution in [0.1, 0.15) is 37.0 Å². The molecule has 2 rings (SSSR count). The lowest BCUT2D eigenvalue weighted by atomic mass is 10.1. The summed E-state index contributed by atoms with van der Waals surface area (Å²) in [6, 6.07) is 0.813. The van der Waals surface area contributed by atoms with Crippen molar-refractivity contribution in [3.8, 4) is 0 Å². The lowest BCUT2D eigenvalue weighted by molar-refractivity contribution is -0.144. The first kappa shape index (κ1) is 20.4. The number of primary amides is 1. The van der Waals surface area contributed by atoms with Crippen LogP contribution in [0.5, 0.6) is 0 Å². The van der Waals surface area contributed by atoms with Gasteiger partial charge in [0.25, 0.3) is 5.91 Å². The summed E-state index contributed by atoms with van der Waals surface area (Å²) >= 11 is 0.733. The van der Waals surface area contributed by atoms with E-state index in [1.165, 1.54) is 13.8 Å². The van der Waals surface area contributed by atoms with Crippen LogP contribution in [0.4, 0.5) is 18.2 Å². The maximum Gasteiger partial charge on any atom is 0.433 e. The zero-order valence-electron chi connectivity index (χ0n) is 14.4. The van der Waals surface area contributed by atoms with E-state index in [9.17, 15) is 27.6 Å². The fourth-order valence-corrected chi connectivity index (χ4v) is 3.44. The molecular weight excluding hydrogens is 389 g/mol. The van der Waals surface area contributed by atoms with Crippen molar-refractivity contribution in [1.82, 2.24) is 9.78 Å². The highest BCUT2D eigenvalue weighted by Gasteiger charge is 2.36. The number of halogens is 3. The SMILES string of the molecule is COC(=O)c1c(NC(=O)Cn2nc(C)cc2C(F)(F)F)sc(C(N)=O)c1C. The Labute approximate surface area is 155 Å². The van der Waals surface area contributed by atoms with E-state index in [0.29, 0.717) is 4.68 Å². The smallest absolute Gasteiger partial charge is 0.433 e. The number of aromatic nitrogens is 2. The summed E-state index contributed by atoms with van der Waals surface area (Å²) in [4.78, 5) is 35.6. The van der Waals surface area contributed by atoms with Gasteiger partial charge in [0, 0.05) is 0 Å². The molecule has 3 N–H and O–H groups in total. The molecule has 2 aromatic rings. The average molecular weight is 404 g/mol. The van der Waals surface area contributed by atoms with Gasteiger partial charge < -0.3 is 15.8 Å². The van der Waals surface area contributed by atoms with Crippen molar-refractivity contribution in [2.45, 2.75) is 26.6 Å². The number of nitrogens with two attached hydrogens (primary N) is 1. The van der Waals surface area contributed by atoms with Gasteiger partial charge in [0.05, 0.1) is 23.2 Å². The molecule has 0 saturated heterocycles. The molecule has 2 aromatic heterocycles. The van der Waals surface area contributed by atoms with Crippen LogP contribution in [0.25, 0.3) is 0 Å². The average Bonchev–Trinajstić information content (AvgIpc) is 3.06. The number of anilines is 1. The number of hydrogen-bond acceptors (Lipinski definition) is 6.